The van der Waals surface area contributed by atoms with E-state index in [0.29, 0.717) is 44.9 Å². The predicted octanol–water partition coefficient (Wildman–Crippen LogP) is 6.15. The van der Waals surface area contributed by atoms with Crippen molar-refractivity contribution < 1.29 is 18.7 Å². The SMILES string of the molecule is COc1ccc2c(Oc3ccc(CC(=O)c4c(-c5ccncc5)n(C)n(-c5ccccc5)c4=O)cc3F)ccnc2c1. The van der Waals surface area contributed by atoms with E-state index >= 15 is 4.39 Å². The monoisotopic (exact) mass is 560 g/mol. The molecule has 0 fully saturated rings. The lowest BCUT2D eigenvalue weighted by Gasteiger charge is -2.11. The van der Waals surface area contributed by atoms with Gasteiger partial charge in [0.05, 0.1) is 24.0 Å². The Hall–Kier alpha value is -5.57. The van der Waals surface area contributed by atoms with Gasteiger partial charge in [-0.15, -0.1) is 0 Å². The Morgan fingerprint density at radius 1 is 0.905 bits per heavy atom. The molecular weight excluding hydrogens is 535 g/mol. The number of methoxy groups -OCH3 is 1. The Morgan fingerprint density at radius 2 is 1.69 bits per heavy atom. The van der Waals surface area contributed by atoms with Crippen molar-refractivity contribution in [3.8, 4) is 34.2 Å². The number of ketones is 1. The maximum absolute atomic E-state index is 15.3. The number of hydrogen-bond acceptors (Lipinski definition) is 6. The molecule has 42 heavy (non-hydrogen) atoms. The summed E-state index contributed by atoms with van der Waals surface area (Å²) in [6.45, 7) is 0. The standard InChI is InChI=1S/C33H25FN4O4/c1-37-32(22-12-15-35-16-13-22)31(33(40)38(37)23-6-4-3-5-7-23)28(39)19-21-8-11-30(26(34)18-21)42-29-14-17-36-27-20-24(41-2)9-10-25(27)29/h3-18,20H,19H2,1-2H3. The van der Waals surface area contributed by atoms with Crippen LogP contribution in [-0.4, -0.2) is 32.2 Å². The van der Waals surface area contributed by atoms with Gasteiger partial charge in [0.2, 0.25) is 0 Å². The van der Waals surface area contributed by atoms with Crippen molar-refractivity contribution in [2.45, 2.75) is 6.42 Å². The molecule has 9 heteroatoms. The quantitative estimate of drug-likeness (QED) is 0.208. The van der Waals surface area contributed by atoms with Gasteiger partial charge in [-0.25, -0.2) is 9.07 Å². The van der Waals surface area contributed by atoms with Crippen molar-refractivity contribution in [1.29, 1.82) is 0 Å². The van der Waals surface area contributed by atoms with Crippen molar-refractivity contribution in [1.82, 2.24) is 19.3 Å². The van der Waals surface area contributed by atoms with Crippen LogP contribution in [0.1, 0.15) is 15.9 Å². The molecule has 3 aromatic carbocycles. The average Bonchev–Trinajstić information content (AvgIpc) is 3.28. The van der Waals surface area contributed by atoms with Crippen LogP contribution in [0.3, 0.4) is 0 Å². The second-order valence-electron chi connectivity index (χ2n) is 9.59. The topological polar surface area (TPSA) is 88.2 Å². The maximum Gasteiger partial charge on any atom is 0.282 e. The van der Waals surface area contributed by atoms with Gasteiger partial charge in [-0.05, 0) is 60.2 Å². The second kappa shape index (κ2) is 11.1. The van der Waals surface area contributed by atoms with E-state index in [0.717, 1.165) is 0 Å². The molecule has 6 rings (SSSR count). The van der Waals surface area contributed by atoms with Crippen molar-refractivity contribution in [2.75, 3.05) is 7.11 Å². The number of hydrogen-bond donors (Lipinski definition) is 0. The van der Waals surface area contributed by atoms with Crippen LogP contribution < -0.4 is 15.0 Å². The van der Waals surface area contributed by atoms with Crippen LogP contribution in [0.4, 0.5) is 4.39 Å². The maximum atomic E-state index is 15.3. The van der Waals surface area contributed by atoms with E-state index in [-0.39, 0.29) is 17.7 Å². The normalized spacial score (nSPS) is 11.0. The predicted molar refractivity (Wildman–Crippen MR) is 157 cm³/mol. The number of carbonyl (C=O) groups excluding carboxylic acids is 1. The Bertz CT molecular complexity index is 1990. The van der Waals surface area contributed by atoms with Crippen LogP contribution in [0.5, 0.6) is 17.2 Å². The van der Waals surface area contributed by atoms with Crippen LogP contribution in [-0.2, 0) is 13.5 Å². The number of pyridine rings is 2. The largest absolute Gasteiger partial charge is 0.497 e. The molecular formula is C33H25FN4O4. The zero-order valence-electron chi connectivity index (χ0n) is 22.8. The molecule has 208 valence electrons. The number of ether oxygens (including phenoxy) is 2. The molecule has 0 radical (unpaired) electrons. The zero-order valence-corrected chi connectivity index (χ0v) is 22.8. The third-order valence-corrected chi connectivity index (χ3v) is 6.99. The van der Waals surface area contributed by atoms with Gasteiger partial charge in [-0.3, -0.25) is 24.2 Å². The highest BCUT2D eigenvalue weighted by Crippen LogP contribution is 2.32. The fourth-order valence-corrected chi connectivity index (χ4v) is 5.00. The van der Waals surface area contributed by atoms with E-state index in [1.165, 1.54) is 16.8 Å². The molecule has 0 bridgehead atoms. The van der Waals surface area contributed by atoms with E-state index < -0.39 is 17.2 Å². The molecule has 0 atom stereocenters. The van der Waals surface area contributed by atoms with Crippen molar-refractivity contribution in [3.63, 3.8) is 0 Å². The number of fused-ring (bicyclic) bond motifs is 1. The van der Waals surface area contributed by atoms with Crippen molar-refractivity contribution in [3.05, 3.63) is 131 Å². The number of halogens is 1. The van der Waals surface area contributed by atoms with Gasteiger partial charge in [0, 0.05) is 49.1 Å². The van der Waals surface area contributed by atoms with Crippen LogP contribution in [0.2, 0.25) is 0 Å². The molecule has 0 amide bonds. The van der Waals surface area contributed by atoms with E-state index in [1.54, 1.807) is 92.0 Å². The van der Waals surface area contributed by atoms with Gasteiger partial charge in [-0.1, -0.05) is 24.3 Å². The lowest BCUT2D eigenvalue weighted by atomic mass is 10.00. The number of carbonyl (C=O) groups is 1. The van der Waals surface area contributed by atoms with E-state index in [4.69, 9.17) is 9.47 Å². The first-order valence-corrected chi connectivity index (χ1v) is 13.1. The highest BCUT2D eigenvalue weighted by Gasteiger charge is 2.26. The lowest BCUT2D eigenvalue weighted by molar-refractivity contribution is 0.0992. The number of benzene rings is 3. The Balaban J connectivity index is 1.32. The fourth-order valence-electron chi connectivity index (χ4n) is 5.00. The number of nitrogens with zero attached hydrogens (tertiary/aromatic N) is 4. The molecule has 0 saturated carbocycles. The summed E-state index contributed by atoms with van der Waals surface area (Å²) in [5.41, 5.74) is 2.36. The summed E-state index contributed by atoms with van der Waals surface area (Å²) in [5.74, 6) is 0.00626. The number of para-hydroxylation sites is 1. The third-order valence-electron chi connectivity index (χ3n) is 6.99. The smallest absolute Gasteiger partial charge is 0.282 e. The van der Waals surface area contributed by atoms with Gasteiger partial charge in [0.15, 0.2) is 17.3 Å². The first kappa shape index (κ1) is 26.6. The molecule has 6 aromatic rings. The Labute approximate surface area is 240 Å². The van der Waals surface area contributed by atoms with Gasteiger partial charge in [0.25, 0.3) is 5.56 Å². The number of aromatic nitrogens is 4. The minimum absolute atomic E-state index is 0.00173. The Kier molecular flexibility index (Phi) is 7.06. The first-order chi connectivity index (χ1) is 20.4. The van der Waals surface area contributed by atoms with Crippen LogP contribution in [0, 0.1) is 5.82 Å². The summed E-state index contributed by atoms with van der Waals surface area (Å²) in [6, 6.07) is 23.9. The fraction of sp³-hybridized carbons (Fsp3) is 0.0909. The van der Waals surface area contributed by atoms with E-state index in [1.807, 2.05) is 18.2 Å². The summed E-state index contributed by atoms with van der Waals surface area (Å²) >= 11 is 0. The minimum atomic E-state index is -0.636. The molecule has 0 N–H and O–H groups in total. The van der Waals surface area contributed by atoms with E-state index in [2.05, 4.69) is 9.97 Å². The van der Waals surface area contributed by atoms with Gasteiger partial charge >= 0.3 is 0 Å². The van der Waals surface area contributed by atoms with E-state index in [9.17, 15) is 9.59 Å². The van der Waals surface area contributed by atoms with Crippen LogP contribution >= 0.6 is 0 Å². The Morgan fingerprint density at radius 3 is 2.43 bits per heavy atom. The number of Topliss-reactive ketones (excluding diaryl/α,β-unsaturated/α-hetero) is 1. The average molecular weight is 561 g/mol. The molecule has 0 aliphatic carbocycles. The summed E-state index contributed by atoms with van der Waals surface area (Å²) < 4.78 is 29.5. The van der Waals surface area contributed by atoms with Gasteiger partial charge in [0.1, 0.15) is 17.1 Å². The molecule has 0 aliphatic heterocycles. The second-order valence-corrected chi connectivity index (χ2v) is 9.59. The van der Waals surface area contributed by atoms with Crippen molar-refractivity contribution >= 4 is 16.7 Å². The highest BCUT2D eigenvalue weighted by atomic mass is 19.1. The molecule has 0 saturated heterocycles. The molecule has 0 aliphatic rings. The lowest BCUT2D eigenvalue weighted by Crippen LogP contribution is -2.23. The van der Waals surface area contributed by atoms with Gasteiger partial charge in [-0.2, -0.15) is 0 Å². The molecule has 0 spiro atoms. The molecule has 8 nitrogen and oxygen atoms in total. The molecule has 3 heterocycles. The summed E-state index contributed by atoms with van der Waals surface area (Å²) in [7, 11) is 3.30. The first-order valence-electron chi connectivity index (χ1n) is 13.1. The van der Waals surface area contributed by atoms with Crippen molar-refractivity contribution in [2.24, 2.45) is 7.05 Å². The van der Waals surface area contributed by atoms with Gasteiger partial charge < -0.3 is 9.47 Å². The number of rotatable bonds is 8. The highest BCUT2D eigenvalue weighted by molar-refractivity contribution is 6.02. The third kappa shape index (κ3) is 4.92. The zero-order chi connectivity index (χ0) is 29.2. The van der Waals surface area contributed by atoms with Crippen LogP contribution in [0.15, 0.2) is 108 Å². The van der Waals surface area contributed by atoms with Crippen LogP contribution in [0.25, 0.3) is 27.8 Å². The summed E-state index contributed by atoms with van der Waals surface area (Å²) in [4.78, 5) is 35.8. The molecule has 0 unspecified atom stereocenters. The minimum Gasteiger partial charge on any atom is -0.497 e. The summed E-state index contributed by atoms with van der Waals surface area (Å²) in [6.07, 6.45) is 4.60. The summed E-state index contributed by atoms with van der Waals surface area (Å²) in [5, 5.41) is 0.694. The molecule has 3 aromatic heterocycles.